The highest BCUT2D eigenvalue weighted by Crippen LogP contribution is 2.28. The molecule has 0 fully saturated rings. The van der Waals surface area contributed by atoms with Crippen LogP contribution in [-0.4, -0.2) is 38.1 Å². The Morgan fingerprint density at radius 1 is 1.20 bits per heavy atom. The van der Waals surface area contributed by atoms with Crippen LogP contribution in [0.5, 0.6) is 11.5 Å². The second-order valence-corrected chi connectivity index (χ2v) is 6.07. The summed E-state index contributed by atoms with van der Waals surface area (Å²) in [5, 5.41) is 5.27. The Balaban J connectivity index is 2.70. The number of hydrogen-bond donors (Lipinski definition) is 2. The summed E-state index contributed by atoms with van der Waals surface area (Å²) >= 11 is 0. The minimum absolute atomic E-state index is 0.211. The normalized spacial score (nSPS) is 12.1. The molecule has 0 bridgehead atoms. The number of likely N-dealkylation sites (N-methyl/N-ethyl adjacent to an activating group) is 1. The first-order valence-electron chi connectivity index (χ1n) is 8.44. The zero-order valence-corrected chi connectivity index (χ0v) is 15.6. The number of benzene rings is 1. The predicted molar refractivity (Wildman–Crippen MR) is 98.6 cm³/mol. The molecule has 0 saturated carbocycles. The zero-order chi connectivity index (χ0) is 18.8. The first-order chi connectivity index (χ1) is 11.9. The number of methoxy groups -OCH3 is 1. The van der Waals surface area contributed by atoms with Crippen molar-refractivity contribution in [2.75, 3.05) is 20.3 Å². The lowest BCUT2D eigenvalue weighted by Gasteiger charge is -2.13. The van der Waals surface area contributed by atoms with Crippen LogP contribution < -0.4 is 20.1 Å². The Morgan fingerprint density at radius 2 is 1.92 bits per heavy atom. The number of nitrogens with one attached hydrogen (secondary N) is 2. The lowest BCUT2D eigenvalue weighted by molar-refractivity contribution is -0.126. The van der Waals surface area contributed by atoms with E-state index in [4.69, 9.17) is 9.47 Å². The van der Waals surface area contributed by atoms with Gasteiger partial charge in [0.1, 0.15) is 6.04 Å². The van der Waals surface area contributed by atoms with Crippen LogP contribution in [0.4, 0.5) is 0 Å². The van der Waals surface area contributed by atoms with Crippen molar-refractivity contribution in [2.24, 2.45) is 5.92 Å². The topological polar surface area (TPSA) is 76.7 Å². The third kappa shape index (κ3) is 7.28. The van der Waals surface area contributed by atoms with Gasteiger partial charge in [0.15, 0.2) is 11.5 Å². The Labute approximate surface area is 149 Å². The molecule has 6 nitrogen and oxygen atoms in total. The van der Waals surface area contributed by atoms with Gasteiger partial charge in [-0.25, -0.2) is 0 Å². The predicted octanol–water partition coefficient (Wildman–Crippen LogP) is 2.38. The van der Waals surface area contributed by atoms with E-state index in [0.717, 1.165) is 5.56 Å². The van der Waals surface area contributed by atoms with Crippen molar-refractivity contribution >= 4 is 17.9 Å². The molecule has 0 heterocycles. The molecule has 1 atom stereocenters. The maximum Gasteiger partial charge on any atom is 0.244 e. The number of amides is 2. The standard InChI is InChI=1S/C19H28N2O4/c1-6-20-19(23)14(4)21-18(22)10-8-15-7-9-16(17(11-15)24-5)25-12-13(2)3/h7-11,13-14H,6,12H2,1-5H3,(H,20,23)(H,21,22)/b10-8+/t14-/m0/s1. The molecule has 0 saturated heterocycles. The minimum Gasteiger partial charge on any atom is -0.493 e. The quantitative estimate of drug-likeness (QED) is 0.672. The molecular weight excluding hydrogens is 320 g/mol. The molecule has 1 aromatic rings. The Kier molecular flexibility index (Phi) is 8.53. The van der Waals surface area contributed by atoms with E-state index in [9.17, 15) is 9.59 Å². The Bertz CT molecular complexity index is 611. The molecule has 138 valence electrons. The lowest BCUT2D eigenvalue weighted by atomic mass is 10.1. The maximum absolute atomic E-state index is 11.9. The fraction of sp³-hybridized carbons (Fsp3) is 0.474. The fourth-order valence-corrected chi connectivity index (χ4v) is 1.99. The molecule has 2 N–H and O–H groups in total. The summed E-state index contributed by atoms with van der Waals surface area (Å²) in [7, 11) is 1.58. The molecule has 0 aliphatic heterocycles. The van der Waals surface area contributed by atoms with Crippen LogP contribution in [0, 0.1) is 5.92 Å². The highest BCUT2D eigenvalue weighted by Gasteiger charge is 2.13. The molecule has 0 aromatic heterocycles. The van der Waals surface area contributed by atoms with E-state index in [1.54, 1.807) is 26.2 Å². The van der Waals surface area contributed by atoms with Crippen molar-refractivity contribution < 1.29 is 19.1 Å². The van der Waals surface area contributed by atoms with Gasteiger partial charge >= 0.3 is 0 Å². The second-order valence-electron chi connectivity index (χ2n) is 6.07. The monoisotopic (exact) mass is 348 g/mol. The van der Waals surface area contributed by atoms with Gasteiger partial charge in [0, 0.05) is 12.6 Å². The number of carbonyl (C=O) groups excluding carboxylic acids is 2. The summed E-state index contributed by atoms with van der Waals surface area (Å²) in [6.45, 7) is 8.74. The molecule has 25 heavy (non-hydrogen) atoms. The molecule has 0 unspecified atom stereocenters. The van der Waals surface area contributed by atoms with Crippen molar-refractivity contribution in [1.82, 2.24) is 10.6 Å². The van der Waals surface area contributed by atoms with Gasteiger partial charge in [-0.05, 0) is 43.5 Å². The van der Waals surface area contributed by atoms with Gasteiger partial charge in [-0.2, -0.15) is 0 Å². The summed E-state index contributed by atoms with van der Waals surface area (Å²) in [6.07, 6.45) is 3.05. The minimum atomic E-state index is -0.585. The van der Waals surface area contributed by atoms with E-state index >= 15 is 0 Å². The van der Waals surface area contributed by atoms with Crippen LogP contribution in [0.1, 0.15) is 33.3 Å². The third-order valence-electron chi connectivity index (χ3n) is 3.29. The smallest absolute Gasteiger partial charge is 0.244 e. The summed E-state index contributed by atoms with van der Waals surface area (Å²) in [6, 6.07) is 4.87. The average molecular weight is 348 g/mol. The van der Waals surface area contributed by atoms with E-state index in [0.29, 0.717) is 30.6 Å². The van der Waals surface area contributed by atoms with E-state index in [1.165, 1.54) is 6.08 Å². The van der Waals surface area contributed by atoms with Crippen LogP contribution in [0.25, 0.3) is 6.08 Å². The van der Waals surface area contributed by atoms with Gasteiger partial charge in [-0.1, -0.05) is 19.9 Å². The maximum atomic E-state index is 11.9. The van der Waals surface area contributed by atoms with Gasteiger partial charge in [0.05, 0.1) is 13.7 Å². The molecule has 6 heteroatoms. The van der Waals surface area contributed by atoms with Crippen LogP contribution in [0.2, 0.25) is 0 Å². The van der Waals surface area contributed by atoms with Gasteiger partial charge in [0.2, 0.25) is 11.8 Å². The molecule has 0 aliphatic rings. The van der Waals surface area contributed by atoms with Crippen LogP contribution in [-0.2, 0) is 9.59 Å². The van der Waals surface area contributed by atoms with E-state index in [2.05, 4.69) is 24.5 Å². The van der Waals surface area contributed by atoms with E-state index in [1.807, 2.05) is 19.1 Å². The second kappa shape index (κ2) is 10.4. The van der Waals surface area contributed by atoms with Gasteiger partial charge < -0.3 is 20.1 Å². The number of hydrogen-bond acceptors (Lipinski definition) is 4. The van der Waals surface area contributed by atoms with Crippen molar-refractivity contribution in [2.45, 2.75) is 33.7 Å². The summed E-state index contributed by atoms with van der Waals surface area (Å²) in [4.78, 5) is 23.5. The average Bonchev–Trinajstić information content (AvgIpc) is 2.58. The van der Waals surface area contributed by atoms with Crippen molar-refractivity contribution in [3.05, 3.63) is 29.8 Å². The van der Waals surface area contributed by atoms with Crippen molar-refractivity contribution in [1.29, 1.82) is 0 Å². The van der Waals surface area contributed by atoms with Crippen LogP contribution in [0.15, 0.2) is 24.3 Å². The van der Waals surface area contributed by atoms with Crippen LogP contribution >= 0.6 is 0 Å². The molecule has 2 amide bonds. The Hall–Kier alpha value is -2.50. The number of ether oxygens (including phenoxy) is 2. The molecule has 0 spiro atoms. The number of carbonyl (C=O) groups is 2. The van der Waals surface area contributed by atoms with E-state index < -0.39 is 6.04 Å². The van der Waals surface area contributed by atoms with Crippen LogP contribution in [0.3, 0.4) is 0 Å². The number of rotatable bonds is 9. The summed E-state index contributed by atoms with van der Waals surface area (Å²) in [5.74, 6) is 1.15. The molecular formula is C19H28N2O4. The van der Waals surface area contributed by atoms with E-state index in [-0.39, 0.29) is 11.8 Å². The third-order valence-corrected chi connectivity index (χ3v) is 3.29. The highest BCUT2D eigenvalue weighted by molar-refractivity contribution is 5.95. The summed E-state index contributed by atoms with van der Waals surface area (Å²) in [5.41, 5.74) is 0.801. The van der Waals surface area contributed by atoms with Gasteiger partial charge in [-0.3, -0.25) is 9.59 Å². The zero-order valence-electron chi connectivity index (χ0n) is 15.6. The first kappa shape index (κ1) is 20.5. The largest absolute Gasteiger partial charge is 0.493 e. The van der Waals surface area contributed by atoms with Gasteiger partial charge in [-0.15, -0.1) is 0 Å². The highest BCUT2D eigenvalue weighted by atomic mass is 16.5. The van der Waals surface area contributed by atoms with Gasteiger partial charge in [0.25, 0.3) is 0 Å². The molecule has 1 rings (SSSR count). The SMILES string of the molecule is CCNC(=O)[C@H](C)NC(=O)/C=C/c1ccc(OCC(C)C)c(OC)c1. The van der Waals surface area contributed by atoms with Crippen molar-refractivity contribution in [3.8, 4) is 11.5 Å². The summed E-state index contributed by atoms with van der Waals surface area (Å²) < 4.78 is 11.0. The van der Waals surface area contributed by atoms with Crippen molar-refractivity contribution in [3.63, 3.8) is 0 Å². The molecule has 0 aliphatic carbocycles. The molecule has 1 aromatic carbocycles. The Morgan fingerprint density at radius 3 is 2.52 bits per heavy atom. The first-order valence-corrected chi connectivity index (χ1v) is 8.44. The fourth-order valence-electron chi connectivity index (χ4n) is 1.99. The lowest BCUT2D eigenvalue weighted by Crippen LogP contribution is -2.44. The molecule has 0 radical (unpaired) electrons.